The first-order valence-electron chi connectivity index (χ1n) is 7.55. The maximum absolute atomic E-state index is 12.0. The van der Waals surface area contributed by atoms with Crippen LogP contribution >= 0.6 is 0 Å². The number of amides is 1. The van der Waals surface area contributed by atoms with E-state index in [9.17, 15) is 4.79 Å². The molecule has 0 saturated heterocycles. The zero-order chi connectivity index (χ0) is 14.3. The molecule has 1 fully saturated rings. The highest BCUT2D eigenvalue weighted by Crippen LogP contribution is 2.26. The van der Waals surface area contributed by atoms with Gasteiger partial charge in [0.05, 0.1) is 6.04 Å². The van der Waals surface area contributed by atoms with E-state index < -0.39 is 0 Å². The molecule has 0 N–H and O–H groups in total. The van der Waals surface area contributed by atoms with Gasteiger partial charge in [0.25, 0.3) is 0 Å². The summed E-state index contributed by atoms with van der Waals surface area (Å²) in [4.78, 5) is 15.7. The van der Waals surface area contributed by atoms with Crippen LogP contribution in [0.1, 0.15) is 44.9 Å². The Kier molecular flexibility index (Phi) is 7.14. The molecule has 1 rings (SSSR count). The van der Waals surface area contributed by atoms with Crippen molar-refractivity contribution in [3.8, 4) is 0 Å². The average molecular weight is 266 g/mol. The van der Waals surface area contributed by atoms with Crippen LogP contribution in [0.2, 0.25) is 0 Å². The first kappa shape index (κ1) is 16.2. The Morgan fingerprint density at radius 1 is 1.11 bits per heavy atom. The predicted molar refractivity (Wildman–Crippen MR) is 81.1 cm³/mol. The highest BCUT2D eigenvalue weighted by Gasteiger charge is 2.20. The van der Waals surface area contributed by atoms with Crippen molar-refractivity contribution < 1.29 is 4.79 Å². The number of rotatable bonds is 6. The molecule has 0 radical (unpaired) electrons. The number of carbonyl (C=O) groups excluding carboxylic acids is 1. The van der Waals surface area contributed by atoms with E-state index in [0.29, 0.717) is 0 Å². The lowest BCUT2D eigenvalue weighted by atomic mass is 9.87. The second kappa shape index (κ2) is 8.36. The molecule has 0 aliphatic heterocycles. The molecule has 0 bridgehead atoms. The molecular weight excluding hydrogens is 236 g/mol. The van der Waals surface area contributed by atoms with Crippen LogP contribution in [0.4, 0.5) is 0 Å². The fourth-order valence-electron chi connectivity index (χ4n) is 2.77. The minimum Gasteiger partial charge on any atom is -0.347 e. The van der Waals surface area contributed by atoms with Crippen molar-refractivity contribution in [2.45, 2.75) is 51.0 Å². The lowest BCUT2D eigenvalue weighted by Crippen LogP contribution is -2.42. The van der Waals surface area contributed by atoms with Gasteiger partial charge in [0.2, 0.25) is 5.91 Å². The lowest BCUT2D eigenvalue weighted by Gasteiger charge is -2.25. The van der Waals surface area contributed by atoms with Crippen LogP contribution in [-0.2, 0) is 4.79 Å². The third kappa shape index (κ3) is 5.77. The van der Waals surface area contributed by atoms with Crippen LogP contribution in [0.15, 0.2) is 12.2 Å². The van der Waals surface area contributed by atoms with Crippen molar-refractivity contribution in [2.75, 3.05) is 28.2 Å². The van der Waals surface area contributed by atoms with Crippen molar-refractivity contribution in [1.82, 2.24) is 9.80 Å². The van der Waals surface area contributed by atoms with E-state index >= 15 is 0 Å². The minimum atomic E-state index is -0.0300. The molecule has 0 aromatic carbocycles. The monoisotopic (exact) mass is 266 g/mol. The van der Waals surface area contributed by atoms with Gasteiger partial charge in [-0.1, -0.05) is 44.3 Å². The molecule has 1 unspecified atom stereocenters. The maximum atomic E-state index is 12.0. The van der Waals surface area contributed by atoms with E-state index in [-0.39, 0.29) is 11.9 Å². The number of hydrogen-bond donors (Lipinski definition) is 0. The van der Waals surface area contributed by atoms with Crippen molar-refractivity contribution >= 4 is 5.91 Å². The Morgan fingerprint density at radius 2 is 1.74 bits per heavy atom. The van der Waals surface area contributed by atoms with Crippen LogP contribution < -0.4 is 0 Å². The van der Waals surface area contributed by atoms with Gasteiger partial charge in [0.1, 0.15) is 0 Å². The molecule has 3 nitrogen and oxygen atoms in total. The molecule has 1 aliphatic rings. The molecule has 0 heterocycles. The third-order valence-electron chi connectivity index (χ3n) is 4.07. The third-order valence-corrected chi connectivity index (χ3v) is 4.07. The van der Waals surface area contributed by atoms with E-state index in [4.69, 9.17) is 0 Å². The second-order valence-electron chi connectivity index (χ2n) is 6.16. The predicted octanol–water partition coefficient (Wildman–Crippen LogP) is 2.92. The standard InChI is InChI=1S/C16H30N2O/c1-17(2)15(16(19)18(3)4)13-9-8-12-14-10-6-5-7-11-14/h8-9,14-15H,5-7,10-13H2,1-4H3/b9-8+. The van der Waals surface area contributed by atoms with E-state index in [2.05, 4.69) is 12.2 Å². The van der Waals surface area contributed by atoms with E-state index in [1.807, 2.05) is 33.1 Å². The number of carbonyl (C=O) groups is 1. The van der Waals surface area contributed by atoms with Crippen molar-refractivity contribution in [3.63, 3.8) is 0 Å². The molecule has 1 atom stereocenters. The summed E-state index contributed by atoms with van der Waals surface area (Å²) in [5.74, 6) is 1.07. The Morgan fingerprint density at radius 3 is 2.26 bits per heavy atom. The van der Waals surface area contributed by atoms with Gasteiger partial charge < -0.3 is 4.90 Å². The molecule has 3 heteroatoms. The lowest BCUT2D eigenvalue weighted by molar-refractivity contribution is -0.133. The van der Waals surface area contributed by atoms with Crippen LogP contribution in [0.3, 0.4) is 0 Å². The molecule has 110 valence electrons. The second-order valence-corrected chi connectivity index (χ2v) is 6.16. The van der Waals surface area contributed by atoms with Gasteiger partial charge in [0, 0.05) is 14.1 Å². The Bertz CT molecular complexity index is 291. The molecule has 0 aromatic heterocycles. The summed E-state index contributed by atoms with van der Waals surface area (Å²) in [5.41, 5.74) is 0. The number of nitrogens with zero attached hydrogens (tertiary/aromatic N) is 2. The van der Waals surface area contributed by atoms with Gasteiger partial charge in [0.15, 0.2) is 0 Å². The normalized spacial score (nSPS) is 19.0. The van der Waals surface area contributed by atoms with Crippen LogP contribution in [-0.4, -0.2) is 49.9 Å². The molecule has 19 heavy (non-hydrogen) atoms. The largest absolute Gasteiger partial charge is 0.347 e. The van der Waals surface area contributed by atoms with Crippen molar-refractivity contribution in [2.24, 2.45) is 5.92 Å². The maximum Gasteiger partial charge on any atom is 0.239 e. The van der Waals surface area contributed by atoms with E-state index in [1.165, 1.54) is 38.5 Å². The summed E-state index contributed by atoms with van der Waals surface area (Å²) < 4.78 is 0. The SMILES string of the molecule is CN(C)C(=O)C(C/C=C/CC1CCCCC1)N(C)C. The van der Waals surface area contributed by atoms with Crippen LogP contribution in [0.25, 0.3) is 0 Å². The summed E-state index contributed by atoms with van der Waals surface area (Å²) in [5, 5.41) is 0. The quantitative estimate of drug-likeness (QED) is 0.690. The van der Waals surface area contributed by atoms with Gasteiger partial charge in [-0.3, -0.25) is 9.69 Å². The molecule has 0 spiro atoms. The topological polar surface area (TPSA) is 23.6 Å². The van der Waals surface area contributed by atoms with Gasteiger partial charge in [-0.15, -0.1) is 0 Å². The minimum absolute atomic E-state index is 0.0300. The van der Waals surface area contributed by atoms with Crippen molar-refractivity contribution in [1.29, 1.82) is 0 Å². The number of likely N-dealkylation sites (N-methyl/N-ethyl adjacent to an activating group) is 2. The summed E-state index contributed by atoms with van der Waals surface area (Å²) in [7, 11) is 7.59. The highest BCUT2D eigenvalue weighted by molar-refractivity contribution is 5.81. The molecule has 0 aromatic rings. The van der Waals surface area contributed by atoms with Gasteiger partial charge >= 0.3 is 0 Å². The van der Waals surface area contributed by atoms with Crippen LogP contribution in [0.5, 0.6) is 0 Å². The molecular formula is C16H30N2O. The molecule has 1 saturated carbocycles. The first-order chi connectivity index (χ1) is 9.02. The van der Waals surface area contributed by atoms with Crippen LogP contribution in [0, 0.1) is 5.92 Å². The smallest absolute Gasteiger partial charge is 0.239 e. The summed E-state index contributed by atoms with van der Waals surface area (Å²) in [6.45, 7) is 0. The van der Waals surface area contributed by atoms with Gasteiger partial charge in [-0.2, -0.15) is 0 Å². The zero-order valence-corrected chi connectivity index (χ0v) is 13.1. The summed E-state index contributed by atoms with van der Waals surface area (Å²) >= 11 is 0. The Hall–Kier alpha value is -0.830. The summed E-state index contributed by atoms with van der Waals surface area (Å²) in [6.07, 6.45) is 13.5. The highest BCUT2D eigenvalue weighted by atomic mass is 16.2. The van der Waals surface area contributed by atoms with Gasteiger partial charge in [-0.25, -0.2) is 0 Å². The molecule has 1 aliphatic carbocycles. The fourth-order valence-corrected chi connectivity index (χ4v) is 2.77. The number of allylic oxidation sites excluding steroid dienone is 1. The average Bonchev–Trinajstić information content (AvgIpc) is 2.38. The number of hydrogen-bond acceptors (Lipinski definition) is 2. The van der Waals surface area contributed by atoms with E-state index in [1.54, 1.807) is 4.90 Å². The van der Waals surface area contributed by atoms with E-state index in [0.717, 1.165) is 12.3 Å². The Balaban J connectivity index is 2.36. The van der Waals surface area contributed by atoms with Gasteiger partial charge in [-0.05, 0) is 32.9 Å². The fraction of sp³-hybridized carbons (Fsp3) is 0.812. The Labute approximate surface area is 118 Å². The molecule has 1 amide bonds. The zero-order valence-electron chi connectivity index (χ0n) is 13.1. The van der Waals surface area contributed by atoms with Crippen molar-refractivity contribution in [3.05, 3.63) is 12.2 Å². The summed E-state index contributed by atoms with van der Waals surface area (Å²) in [6, 6.07) is -0.0300. The first-order valence-corrected chi connectivity index (χ1v) is 7.55.